The number of fused-ring (bicyclic) bond motifs is 1. The molecule has 0 spiro atoms. The van der Waals surface area contributed by atoms with Crippen LogP contribution in [-0.2, 0) is 20.6 Å². The molecule has 2 saturated heterocycles. The van der Waals surface area contributed by atoms with Gasteiger partial charge >= 0.3 is 5.97 Å². The Kier molecular flexibility index (Phi) is 6.22. The van der Waals surface area contributed by atoms with Crippen molar-refractivity contribution in [2.75, 3.05) is 58.5 Å². The summed E-state index contributed by atoms with van der Waals surface area (Å²) in [6.45, 7) is 7.73. The minimum absolute atomic E-state index is 0.00484. The number of ether oxygens (including phenoxy) is 3. The van der Waals surface area contributed by atoms with Crippen LogP contribution >= 0.6 is 0 Å². The number of aromatic nitrogens is 4. The van der Waals surface area contributed by atoms with Crippen LogP contribution in [0.5, 0.6) is 0 Å². The molecule has 2 aromatic heterocycles. The first kappa shape index (κ1) is 20.0. The Balaban J connectivity index is 1.59. The third kappa shape index (κ3) is 4.34. The van der Waals surface area contributed by atoms with Gasteiger partial charge in [0, 0.05) is 50.0 Å². The predicted molar refractivity (Wildman–Crippen MR) is 105 cm³/mol. The van der Waals surface area contributed by atoms with Gasteiger partial charge < -0.3 is 19.5 Å². The van der Waals surface area contributed by atoms with Crippen molar-refractivity contribution in [1.82, 2.24) is 24.5 Å². The number of nitrogens with zero attached hydrogens (tertiary/aromatic N) is 5. The molecule has 4 heterocycles. The molecule has 0 aliphatic carbocycles. The summed E-state index contributed by atoms with van der Waals surface area (Å²) in [5, 5.41) is 7.83. The number of morpholine rings is 1. The number of hydrogen-bond donors (Lipinski definition) is 1. The summed E-state index contributed by atoms with van der Waals surface area (Å²) in [5.74, 6) is 1.06. The van der Waals surface area contributed by atoms with Crippen LogP contribution in [0.1, 0.15) is 29.7 Å². The molecule has 2 aliphatic rings. The van der Waals surface area contributed by atoms with Gasteiger partial charge in [0.25, 0.3) is 11.6 Å². The summed E-state index contributed by atoms with van der Waals surface area (Å²) < 4.78 is 17.5. The molecule has 0 saturated carbocycles. The number of anilines is 1. The number of aryl methyl sites for hydroxylation is 1. The van der Waals surface area contributed by atoms with Gasteiger partial charge in [-0.25, -0.2) is 9.78 Å². The Morgan fingerprint density at radius 2 is 2.14 bits per heavy atom. The van der Waals surface area contributed by atoms with Crippen molar-refractivity contribution in [2.45, 2.75) is 25.8 Å². The van der Waals surface area contributed by atoms with Crippen LogP contribution in [0, 0.1) is 5.92 Å². The molecule has 2 aromatic rings. The Labute approximate surface area is 169 Å². The fourth-order valence-electron chi connectivity index (χ4n) is 3.97. The van der Waals surface area contributed by atoms with E-state index >= 15 is 0 Å². The molecule has 0 unspecified atom stereocenters. The first-order valence-corrected chi connectivity index (χ1v) is 10.2. The number of methoxy groups -OCH3 is 1. The number of rotatable bonds is 7. The summed E-state index contributed by atoms with van der Waals surface area (Å²) >= 11 is 0. The average molecular weight is 404 g/mol. The van der Waals surface area contributed by atoms with E-state index in [0.717, 1.165) is 70.4 Å². The molecule has 29 heavy (non-hydrogen) atoms. The molecule has 0 aromatic carbocycles. The lowest BCUT2D eigenvalue weighted by Crippen LogP contribution is -2.50. The van der Waals surface area contributed by atoms with Gasteiger partial charge in [-0.2, -0.15) is 9.50 Å². The van der Waals surface area contributed by atoms with Crippen molar-refractivity contribution in [3.8, 4) is 0 Å². The molecule has 10 nitrogen and oxygen atoms in total. The summed E-state index contributed by atoms with van der Waals surface area (Å²) in [6.07, 6.45) is 1.82. The standard InChI is InChI=1S/C19H28N6O4/c1-3-14-10-16(25-19(21-14)22-17(23-25)18(26)27-2)20-11-15(13-4-7-29-12-13)24-5-8-28-9-6-24/h10,13,15,20H,3-9,11-12H2,1-2H3/t13-,15-/m1/s1. The molecule has 158 valence electrons. The molecule has 0 radical (unpaired) electrons. The number of carbonyl (C=O) groups excluding carboxylic acids is 1. The Bertz CT molecular complexity index is 845. The first-order valence-electron chi connectivity index (χ1n) is 10.2. The van der Waals surface area contributed by atoms with Crippen molar-refractivity contribution in [1.29, 1.82) is 0 Å². The number of carbonyl (C=O) groups is 1. The second kappa shape index (κ2) is 9.02. The van der Waals surface area contributed by atoms with Gasteiger partial charge in [-0.1, -0.05) is 6.92 Å². The molecular weight excluding hydrogens is 376 g/mol. The Morgan fingerprint density at radius 1 is 1.31 bits per heavy atom. The summed E-state index contributed by atoms with van der Waals surface area (Å²) in [4.78, 5) is 23.0. The lowest BCUT2D eigenvalue weighted by molar-refractivity contribution is 0.00459. The van der Waals surface area contributed by atoms with Crippen LogP contribution in [0.15, 0.2) is 6.07 Å². The Morgan fingerprint density at radius 3 is 2.83 bits per heavy atom. The van der Waals surface area contributed by atoms with Crippen molar-refractivity contribution in [2.24, 2.45) is 5.92 Å². The minimum atomic E-state index is -0.575. The molecule has 0 amide bonds. The quantitative estimate of drug-likeness (QED) is 0.665. The van der Waals surface area contributed by atoms with E-state index in [1.165, 1.54) is 7.11 Å². The Hall–Kier alpha value is -2.30. The maximum atomic E-state index is 11.9. The highest BCUT2D eigenvalue weighted by atomic mass is 16.5. The maximum Gasteiger partial charge on any atom is 0.378 e. The van der Waals surface area contributed by atoms with E-state index in [4.69, 9.17) is 14.2 Å². The summed E-state index contributed by atoms with van der Waals surface area (Å²) in [6, 6.07) is 2.29. The molecule has 1 N–H and O–H groups in total. The molecular formula is C19H28N6O4. The van der Waals surface area contributed by atoms with Gasteiger partial charge in [0.2, 0.25) is 0 Å². The zero-order valence-corrected chi connectivity index (χ0v) is 17.0. The molecule has 0 bridgehead atoms. The second-order valence-electron chi connectivity index (χ2n) is 7.35. The molecule has 10 heteroatoms. The zero-order chi connectivity index (χ0) is 20.2. The van der Waals surface area contributed by atoms with E-state index < -0.39 is 5.97 Å². The van der Waals surface area contributed by atoms with E-state index in [-0.39, 0.29) is 5.82 Å². The third-order valence-corrected chi connectivity index (χ3v) is 5.61. The highest BCUT2D eigenvalue weighted by Crippen LogP contribution is 2.23. The third-order valence-electron chi connectivity index (χ3n) is 5.61. The molecule has 2 aliphatic heterocycles. The van der Waals surface area contributed by atoms with Crippen molar-refractivity contribution < 1.29 is 19.0 Å². The fourth-order valence-corrected chi connectivity index (χ4v) is 3.97. The van der Waals surface area contributed by atoms with E-state index in [2.05, 4.69) is 25.3 Å². The van der Waals surface area contributed by atoms with Gasteiger partial charge in [0.1, 0.15) is 5.82 Å². The van der Waals surface area contributed by atoms with Crippen LogP contribution in [0.4, 0.5) is 5.82 Å². The summed E-state index contributed by atoms with van der Waals surface area (Å²) in [7, 11) is 1.31. The van der Waals surface area contributed by atoms with E-state index in [1.807, 2.05) is 13.0 Å². The monoisotopic (exact) mass is 404 g/mol. The van der Waals surface area contributed by atoms with E-state index in [9.17, 15) is 4.79 Å². The highest BCUT2D eigenvalue weighted by Gasteiger charge is 2.31. The van der Waals surface area contributed by atoms with E-state index in [1.54, 1.807) is 4.52 Å². The van der Waals surface area contributed by atoms with Gasteiger partial charge in [-0.15, -0.1) is 5.10 Å². The van der Waals surface area contributed by atoms with Crippen LogP contribution in [0.2, 0.25) is 0 Å². The normalized spacial score (nSPS) is 21.4. The van der Waals surface area contributed by atoms with Crippen LogP contribution in [0.3, 0.4) is 0 Å². The molecule has 2 atom stereocenters. The average Bonchev–Trinajstić information content (AvgIpc) is 3.44. The maximum absolute atomic E-state index is 11.9. The number of esters is 1. The van der Waals surface area contributed by atoms with Gasteiger partial charge in [-0.05, 0) is 12.8 Å². The topological polar surface area (TPSA) is 103 Å². The number of nitrogens with one attached hydrogen (secondary N) is 1. The van der Waals surface area contributed by atoms with Crippen LogP contribution in [-0.4, -0.2) is 89.7 Å². The second-order valence-corrected chi connectivity index (χ2v) is 7.35. The lowest BCUT2D eigenvalue weighted by atomic mass is 9.97. The van der Waals surface area contributed by atoms with Crippen LogP contribution < -0.4 is 5.32 Å². The summed E-state index contributed by atoms with van der Waals surface area (Å²) in [5.41, 5.74) is 0.885. The zero-order valence-electron chi connectivity index (χ0n) is 17.0. The van der Waals surface area contributed by atoms with E-state index in [0.29, 0.717) is 17.7 Å². The largest absolute Gasteiger partial charge is 0.463 e. The van der Waals surface area contributed by atoms with Gasteiger partial charge in [-0.3, -0.25) is 4.90 Å². The number of hydrogen-bond acceptors (Lipinski definition) is 9. The van der Waals surface area contributed by atoms with Gasteiger partial charge in [0.15, 0.2) is 0 Å². The molecule has 4 rings (SSSR count). The van der Waals surface area contributed by atoms with Crippen LogP contribution in [0.25, 0.3) is 5.78 Å². The minimum Gasteiger partial charge on any atom is -0.463 e. The highest BCUT2D eigenvalue weighted by molar-refractivity contribution is 5.85. The first-order chi connectivity index (χ1) is 14.2. The lowest BCUT2D eigenvalue weighted by Gasteiger charge is -2.37. The SMILES string of the molecule is CCc1cc(NC[C@H]([C@@H]2CCOC2)N2CCOCC2)n2nc(C(=O)OC)nc2n1. The fraction of sp³-hybridized carbons (Fsp3) is 0.684. The van der Waals surface area contributed by atoms with Crippen molar-refractivity contribution in [3.05, 3.63) is 17.6 Å². The van der Waals surface area contributed by atoms with Crippen molar-refractivity contribution >= 4 is 17.6 Å². The van der Waals surface area contributed by atoms with Gasteiger partial charge in [0.05, 0.1) is 26.9 Å². The predicted octanol–water partition coefficient (Wildman–Crippen LogP) is 0.623. The smallest absolute Gasteiger partial charge is 0.378 e. The molecule has 2 fully saturated rings. The van der Waals surface area contributed by atoms with Crippen molar-refractivity contribution in [3.63, 3.8) is 0 Å².